The van der Waals surface area contributed by atoms with Gasteiger partial charge in [-0.2, -0.15) is 18.3 Å². The van der Waals surface area contributed by atoms with E-state index < -0.39 is 11.7 Å². The Morgan fingerprint density at radius 1 is 1.14 bits per heavy atom. The molecular weight excluding hydrogens is 393 g/mol. The van der Waals surface area contributed by atoms with E-state index in [-0.39, 0.29) is 24.4 Å². The summed E-state index contributed by atoms with van der Waals surface area (Å²) >= 11 is 6.29. The summed E-state index contributed by atoms with van der Waals surface area (Å²) in [6.45, 7) is 3.84. The molecule has 1 aromatic heterocycles. The highest BCUT2D eigenvalue weighted by molar-refractivity contribution is 6.30. The number of hydrogen-bond acceptors (Lipinski definition) is 3. The van der Waals surface area contributed by atoms with Gasteiger partial charge < -0.3 is 4.90 Å². The van der Waals surface area contributed by atoms with Crippen LogP contribution in [-0.4, -0.2) is 45.1 Å². The molecule has 1 amide bonds. The van der Waals surface area contributed by atoms with Gasteiger partial charge in [-0.25, -0.2) is 0 Å². The predicted octanol–water partition coefficient (Wildman–Crippen LogP) is 3.64. The molecule has 0 saturated carbocycles. The van der Waals surface area contributed by atoms with Gasteiger partial charge in [0, 0.05) is 51.8 Å². The molecule has 0 bridgehead atoms. The van der Waals surface area contributed by atoms with Crippen LogP contribution in [0.25, 0.3) is 0 Å². The number of carbonyl (C=O) groups excluding carboxylic acids is 1. The van der Waals surface area contributed by atoms with Gasteiger partial charge in [-0.15, -0.1) is 0 Å². The minimum atomic E-state index is -4.44. The maximum Gasteiger partial charge on any atom is 0.416 e. The maximum atomic E-state index is 13.2. The minimum absolute atomic E-state index is 0.0466. The van der Waals surface area contributed by atoms with Gasteiger partial charge in [-0.3, -0.25) is 14.4 Å². The van der Waals surface area contributed by atoms with Crippen molar-refractivity contribution < 1.29 is 18.0 Å². The van der Waals surface area contributed by atoms with Crippen LogP contribution in [0.5, 0.6) is 0 Å². The molecule has 0 radical (unpaired) electrons. The van der Waals surface area contributed by atoms with Gasteiger partial charge in [-0.05, 0) is 18.6 Å². The third kappa shape index (κ3) is 4.50. The first-order chi connectivity index (χ1) is 13.2. The highest BCUT2D eigenvalue weighted by Gasteiger charge is 2.34. The van der Waals surface area contributed by atoms with Crippen molar-refractivity contribution in [3.63, 3.8) is 0 Å². The lowest BCUT2D eigenvalue weighted by molar-refractivity contribution is -0.139. The number of alkyl halides is 3. The fourth-order valence-electron chi connectivity index (χ4n) is 3.45. The molecule has 1 aliphatic heterocycles. The number of amides is 1. The summed E-state index contributed by atoms with van der Waals surface area (Å²) in [5.41, 5.74) is 1.16. The lowest BCUT2D eigenvalue weighted by atomic mass is 10.1. The van der Waals surface area contributed by atoms with Gasteiger partial charge in [0.25, 0.3) is 0 Å². The number of rotatable bonds is 4. The van der Waals surface area contributed by atoms with Crippen molar-refractivity contribution >= 4 is 17.5 Å². The molecule has 0 atom stereocenters. The monoisotopic (exact) mass is 414 g/mol. The van der Waals surface area contributed by atoms with Crippen molar-refractivity contribution in [2.45, 2.75) is 32.6 Å². The van der Waals surface area contributed by atoms with E-state index in [1.54, 1.807) is 17.8 Å². The van der Waals surface area contributed by atoms with E-state index >= 15 is 0 Å². The average Bonchev–Trinajstić information content (AvgIpc) is 2.77. The largest absolute Gasteiger partial charge is 0.416 e. The van der Waals surface area contributed by atoms with Crippen LogP contribution in [-0.2, 0) is 31.1 Å². The number of benzene rings is 1. The average molecular weight is 415 g/mol. The second-order valence-electron chi connectivity index (χ2n) is 6.97. The normalized spacial score (nSPS) is 16.5. The second kappa shape index (κ2) is 8.13. The van der Waals surface area contributed by atoms with E-state index in [0.717, 1.165) is 17.3 Å². The van der Waals surface area contributed by atoms with Gasteiger partial charge in [-0.1, -0.05) is 29.8 Å². The molecule has 3 rings (SSSR count). The SMILES string of the molecule is Cc1nn(C)c(Cl)c1CN1CCC(=O)N(Cc2ccccc2C(F)(F)F)CC1. The number of hydrogen-bond donors (Lipinski definition) is 0. The molecule has 1 saturated heterocycles. The molecule has 28 heavy (non-hydrogen) atoms. The number of aryl methyl sites for hydroxylation is 2. The molecule has 0 spiro atoms. The Labute approximate surface area is 166 Å². The van der Waals surface area contributed by atoms with Crippen molar-refractivity contribution in [1.82, 2.24) is 19.6 Å². The zero-order valence-corrected chi connectivity index (χ0v) is 16.5. The molecule has 1 fully saturated rings. The molecule has 0 N–H and O–H groups in total. The Morgan fingerprint density at radius 2 is 1.86 bits per heavy atom. The topological polar surface area (TPSA) is 41.4 Å². The Morgan fingerprint density at radius 3 is 2.50 bits per heavy atom. The van der Waals surface area contributed by atoms with E-state index in [1.807, 2.05) is 6.92 Å². The standard InChI is InChI=1S/C19H22ClF3N4O/c1-13-15(18(20)25(2)24-13)12-26-8-7-17(28)27(10-9-26)11-14-5-3-4-6-16(14)19(21,22)23/h3-6H,7-12H2,1-2H3. The summed E-state index contributed by atoms with van der Waals surface area (Å²) in [6, 6.07) is 5.40. The fourth-order valence-corrected chi connectivity index (χ4v) is 3.69. The summed E-state index contributed by atoms with van der Waals surface area (Å²) in [4.78, 5) is 16.1. The highest BCUT2D eigenvalue weighted by atomic mass is 35.5. The molecule has 5 nitrogen and oxygen atoms in total. The van der Waals surface area contributed by atoms with Crippen molar-refractivity contribution in [2.75, 3.05) is 19.6 Å². The zero-order chi connectivity index (χ0) is 20.5. The highest BCUT2D eigenvalue weighted by Crippen LogP contribution is 2.32. The molecule has 1 aliphatic rings. The predicted molar refractivity (Wildman–Crippen MR) is 99.7 cm³/mol. The van der Waals surface area contributed by atoms with Crippen molar-refractivity contribution in [2.24, 2.45) is 7.05 Å². The Balaban J connectivity index is 1.71. The summed E-state index contributed by atoms with van der Waals surface area (Å²) in [7, 11) is 1.77. The van der Waals surface area contributed by atoms with Gasteiger partial charge in [0.15, 0.2) is 0 Å². The molecule has 2 heterocycles. The lowest BCUT2D eigenvalue weighted by Gasteiger charge is -2.23. The van der Waals surface area contributed by atoms with E-state index in [1.165, 1.54) is 17.0 Å². The summed E-state index contributed by atoms with van der Waals surface area (Å²) in [5.74, 6) is -0.145. The van der Waals surface area contributed by atoms with Crippen molar-refractivity contribution in [1.29, 1.82) is 0 Å². The van der Waals surface area contributed by atoms with E-state index in [0.29, 0.717) is 31.3 Å². The third-order valence-electron chi connectivity index (χ3n) is 5.02. The van der Waals surface area contributed by atoms with Gasteiger partial charge in [0.05, 0.1) is 11.3 Å². The van der Waals surface area contributed by atoms with Gasteiger partial charge in [0.2, 0.25) is 5.91 Å². The first kappa shape index (κ1) is 20.7. The van der Waals surface area contributed by atoms with Crippen LogP contribution in [0.3, 0.4) is 0 Å². The third-order valence-corrected chi connectivity index (χ3v) is 5.49. The second-order valence-corrected chi connectivity index (χ2v) is 7.33. The number of aromatic nitrogens is 2. The summed E-state index contributed by atoms with van der Waals surface area (Å²) < 4.78 is 41.3. The van der Waals surface area contributed by atoms with Crippen LogP contribution in [0.15, 0.2) is 24.3 Å². The van der Waals surface area contributed by atoms with E-state index in [4.69, 9.17) is 11.6 Å². The van der Waals surface area contributed by atoms with Crippen molar-refractivity contribution in [3.05, 3.63) is 51.8 Å². The number of nitrogens with zero attached hydrogens (tertiary/aromatic N) is 4. The molecule has 1 aromatic carbocycles. The molecule has 0 aliphatic carbocycles. The molecule has 152 valence electrons. The molecular formula is C19H22ClF3N4O. The minimum Gasteiger partial charge on any atom is -0.337 e. The number of carbonyl (C=O) groups is 1. The zero-order valence-electron chi connectivity index (χ0n) is 15.8. The molecule has 0 unspecified atom stereocenters. The summed E-state index contributed by atoms with van der Waals surface area (Å²) in [6.07, 6.45) is -4.18. The van der Waals surface area contributed by atoms with Crippen LogP contribution in [0.1, 0.15) is 28.8 Å². The van der Waals surface area contributed by atoms with Crippen LogP contribution in [0.4, 0.5) is 13.2 Å². The Kier molecular flexibility index (Phi) is 6.00. The maximum absolute atomic E-state index is 13.2. The first-order valence-electron chi connectivity index (χ1n) is 9.00. The van der Waals surface area contributed by atoms with Crippen LogP contribution in [0.2, 0.25) is 5.15 Å². The Hall–Kier alpha value is -2.06. The lowest BCUT2D eigenvalue weighted by Crippen LogP contribution is -2.33. The Bertz CT molecular complexity index is 865. The fraction of sp³-hybridized carbons (Fsp3) is 0.474. The van der Waals surface area contributed by atoms with Crippen molar-refractivity contribution in [3.8, 4) is 0 Å². The molecule has 9 heteroatoms. The molecule has 2 aromatic rings. The first-order valence-corrected chi connectivity index (χ1v) is 9.38. The summed E-state index contributed by atoms with van der Waals surface area (Å²) in [5, 5.41) is 4.85. The van der Waals surface area contributed by atoms with Crippen LogP contribution in [0, 0.1) is 6.92 Å². The quantitative estimate of drug-likeness (QED) is 0.767. The van der Waals surface area contributed by atoms with Crippen LogP contribution >= 0.6 is 11.6 Å². The van der Waals surface area contributed by atoms with E-state index in [2.05, 4.69) is 10.00 Å². The number of halogens is 4. The van der Waals surface area contributed by atoms with Gasteiger partial charge in [0.1, 0.15) is 5.15 Å². The van der Waals surface area contributed by atoms with Gasteiger partial charge >= 0.3 is 6.18 Å². The van der Waals surface area contributed by atoms with E-state index in [9.17, 15) is 18.0 Å². The smallest absolute Gasteiger partial charge is 0.337 e. The van der Waals surface area contributed by atoms with Crippen LogP contribution < -0.4 is 0 Å².